The minimum Gasteiger partial charge on any atom is -0.329 e. The molecular weight excluding hydrogens is 64.0 g/mol. The molecule has 5 heavy (non-hydrogen) atoms. The van der Waals surface area contributed by atoms with Crippen molar-refractivity contribution in [3.05, 3.63) is 0 Å². The van der Waals surface area contributed by atoms with Crippen molar-refractivity contribution in [3.8, 4) is 0 Å². The Balaban J connectivity index is 0. The van der Waals surface area contributed by atoms with Crippen molar-refractivity contribution in [2.24, 2.45) is 11.5 Å². The molecule has 0 aromatic rings. The van der Waals surface area contributed by atoms with Gasteiger partial charge in [-0.3, -0.25) is 0 Å². The van der Waals surface area contributed by atoms with Gasteiger partial charge in [-0.15, -0.1) is 0 Å². The van der Waals surface area contributed by atoms with E-state index in [9.17, 15) is 0 Å². The first kappa shape index (κ1) is 8.87. The van der Waals surface area contributed by atoms with E-state index in [1.54, 1.807) is 0 Å². The highest BCUT2D eigenvalue weighted by molar-refractivity contribution is 4.26. The Hall–Kier alpha value is -0.0800. The number of rotatable bonds is 1. The van der Waals surface area contributed by atoms with Gasteiger partial charge in [0.1, 0.15) is 0 Å². The largest absolute Gasteiger partial charge is 0.329 e. The van der Waals surface area contributed by atoms with E-state index >= 15 is 0 Å². The van der Waals surface area contributed by atoms with Gasteiger partial charge < -0.3 is 11.5 Å². The molecule has 0 aliphatic rings. The third kappa shape index (κ3) is 17.1. The fraction of sp³-hybridized carbons (Fsp3) is 1.00. The van der Waals surface area contributed by atoms with Crippen LogP contribution in [0.2, 0.25) is 0 Å². The first-order valence-electron chi connectivity index (χ1n) is 1.32. The summed E-state index contributed by atoms with van der Waals surface area (Å²) in [5.74, 6) is 0. The zero-order chi connectivity index (χ0) is 3.41. The zero-order valence-corrected chi connectivity index (χ0v) is 2.57. The molecule has 0 unspecified atom stereocenters. The van der Waals surface area contributed by atoms with Crippen molar-refractivity contribution >= 4 is 0 Å². The molecule has 0 aromatic heterocycles. The molecule has 0 radical (unpaired) electrons. The van der Waals surface area contributed by atoms with Gasteiger partial charge in [-0.25, -0.2) is 0 Å². The van der Waals surface area contributed by atoms with Crippen molar-refractivity contribution in [2.75, 3.05) is 13.1 Å². The van der Waals surface area contributed by atoms with Gasteiger partial charge in [0.25, 0.3) is 0 Å². The topological polar surface area (TPSA) is 52.0 Å². The first-order valence-corrected chi connectivity index (χ1v) is 1.32. The van der Waals surface area contributed by atoms with Crippen LogP contribution in [-0.2, 0) is 0 Å². The standard InChI is InChI=1S/C2H8N2.CH4/c3-1-2-4;/h1-4H2;1H4. The summed E-state index contributed by atoms with van der Waals surface area (Å²) in [6, 6.07) is 0. The van der Waals surface area contributed by atoms with Gasteiger partial charge in [-0.05, 0) is 0 Å². The zero-order valence-electron chi connectivity index (χ0n) is 2.57. The van der Waals surface area contributed by atoms with Crippen LogP contribution in [0.5, 0.6) is 0 Å². The second kappa shape index (κ2) is 9.07. The molecule has 0 spiro atoms. The lowest BCUT2D eigenvalue weighted by molar-refractivity contribution is 0.976. The van der Waals surface area contributed by atoms with E-state index in [-0.39, 0.29) is 7.43 Å². The fourth-order valence-electron chi connectivity index (χ4n) is 0. The maximum absolute atomic E-state index is 4.90. The summed E-state index contributed by atoms with van der Waals surface area (Å²) in [5.41, 5.74) is 9.81. The van der Waals surface area contributed by atoms with Crippen molar-refractivity contribution < 1.29 is 0 Å². The number of hydrogen-bond donors (Lipinski definition) is 2. The summed E-state index contributed by atoms with van der Waals surface area (Å²) in [4.78, 5) is 0. The molecule has 0 saturated carbocycles. The Bertz CT molecular complexity index is 6.85. The highest BCUT2D eigenvalue weighted by atomic mass is 14.6. The van der Waals surface area contributed by atoms with Crippen LogP contribution >= 0.6 is 0 Å². The van der Waals surface area contributed by atoms with E-state index in [4.69, 9.17) is 11.5 Å². The third-order valence-corrected chi connectivity index (χ3v) is 0.167. The number of hydrogen-bond acceptors (Lipinski definition) is 2. The molecule has 0 rings (SSSR count). The van der Waals surface area contributed by atoms with Gasteiger partial charge in [0.2, 0.25) is 0 Å². The van der Waals surface area contributed by atoms with E-state index in [0.717, 1.165) is 0 Å². The van der Waals surface area contributed by atoms with Crippen LogP contribution in [0.4, 0.5) is 0 Å². The monoisotopic (exact) mass is 76.1 g/mol. The Kier molecular flexibility index (Phi) is 16.1. The molecule has 2 heteroatoms. The fourth-order valence-corrected chi connectivity index (χ4v) is 0. The summed E-state index contributed by atoms with van der Waals surface area (Å²) in [6.45, 7) is 1.19. The average molecular weight is 76.1 g/mol. The predicted molar refractivity (Wildman–Crippen MR) is 24.8 cm³/mol. The van der Waals surface area contributed by atoms with E-state index in [2.05, 4.69) is 0 Å². The second-order valence-corrected chi connectivity index (χ2v) is 0.577. The Morgan fingerprint density at radius 1 is 1.00 bits per heavy atom. The van der Waals surface area contributed by atoms with Gasteiger partial charge in [-0.2, -0.15) is 0 Å². The number of nitrogens with two attached hydrogens (primary N) is 2. The van der Waals surface area contributed by atoms with E-state index < -0.39 is 0 Å². The summed E-state index contributed by atoms with van der Waals surface area (Å²) in [7, 11) is 0. The molecule has 0 aromatic carbocycles. The third-order valence-electron chi connectivity index (χ3n) is 0.167. The molecule has 0 atom stereocenters. The SMILES string of the molecule is C.NCCN. The highest BCUT2D eigenvalue weighted by Gasteiger charge is 1.54. The van der Waals surface area contributed by atoms with Crippen molar-refractivity contribution in [1.29, 1.82) is 0 Å². The molecule has 0 amide bonds. The van der Waals surface area contributed by atoms with Gasteiger partial charge >= 0.3 is 0 Å². The van der Waals surface area contributed by atoms with Crippen LogP contribution in [0, 0.1) is 0 Å². The van der Waals surface area contributed by atoms with Crippen LogP contribution in [0.25, 0.3) is 0 Å². The molecule has 0 saturated heterocycles. The summed E-state index contributed by atoms with van der Waals surface area (Å²) >= 11 is 0. The second-order valence-electron chi connectivity index (χ2n) is 0.577. The Morgan fingerprint density at radius 2 is 1.20 bits per heavy atom. The highest BCUT2D eigenvalue weighted by Crippen LogP contribution is 1.24. The van der Waals surface area contributed by atoms with Crippen LogP contribution in [0.15, 0.2) is 0 Å². The quantitative estimate of drug-likeness (QED) is 0.444. The molecule has 0 aliphatic carbocycles. The van der Waals surface area contributed by atoms with Crippen molar-refractivity contribution in [1.82, 2.24) is 0 Å². The molecule has 0 heterocycles. The van der Waals surface area contributed by atoms with Gasteiger partial charge in [0.05, 0.1) is 0 Å². The predicted octanol–water partition coefficient (Wildman–Crippen LogP) is -0.460. The molecule has 0 bridgehead atoms. The summed E-state index contributed by atoms with van der Waals surface area (Å²) in [6.07, 6.45) is 0. The molecular formula is C3H12N2. The molecule has 0 aliphatic heterocycles. The molecule has 0 fully saturated rings. The maximum atomic E-state index is 4.90. The molecule has 4 N–H and O–H groups in total. The molecule has 34 valence electrons. The summed E-state index contributed by atoms with van der Waals surface area (Å²) < 4.78 is 0. The van der Waals surface area contributed by atoms with Gasteiger partial charge in [-0.1, -0.05) is 7.43 Å². The van der Waals surface area contributed by atoms with E-state index in [1.165, 1.54) is 0 Å². The lowest BCUT2D eigenvalue weighted by Gasteiger charge is -1.72. The smallest absolute Gasteiger partial charge is 0.00461 e. The van der Waals surface area contributed by atoms with Crippen LogP contribution in [-0.4, -0.2) is 13.1 Å². The normalized spacial score (nSPS) is 6.00. The van der Waals surface area contributed by atoms with Crippen LogP contribution < -0.4 is 11.5 Å². The van der Waals surface area contributed by atoms with Crippen LogP contribution in [0.3, 0.4) is 0 Å². The lowest BCUT2D eigenvalue weighted by Crippen LogP contribution is -2.11. The van der Waals surface area contributed by atoms with Crippen molar-refractivity contribution in [2.45, 2.75) is 7.43 Å². The van der Waals surface area contributed by atoms with E-state index in [1.807, 2.05) is 0 Å². The summed E-state index contributed by atoms with van der Waals surface area (Å²) in [5, 5.41) is 0. The van der Waals surface area contributed by atoms with E-state index in [0.29, 0.717) is 13.1 Å². The Labute approximate surface area is 33.2 Å². The van der Waals surface area contributed by atoms with Gasteiger partial charge in [0, 0.05) is 13.1 Å². The average Bonchev–Trinajstić information content (AvgIpc) is 1.37. The Morgan fingerprint density at radius 3 is 1.20 bits per heavy atom. The maximum Gasteiger partial charge on any atom is 0.00461 e. The van der Waals surface area contributed by atoms with Gasteiger partial charge in [0.15, 0.2) is 0 Å². The minimum atomic E-state index is 0. The molecule has 2 nitrogen and oxygen atoms in total. The first-order chi connectivity index (χ1) is 1.91. The lowest BCUT2D eigenvalue weighted by atomic mass is 10.7. The minimum absolute atomic E-state index is 0. The van der Waals surface area contributed by atoms with Crippen molar-refractivity contribution in [3.63, 3.8) is 0 Å². The van der Waals surface area contributed by atoms with Crippen LogP contribution in [0.1, 0.15) is 7.43 Å².